The molecule has 1 aromatic carbocycles. The van der Waals surface area contributed by atoms with Gasteiger partial charge in [0.15, 0.2) is 5.13 Å². The van der Waals surface area contributed by atoms with Crippen molar-refractivity contribution in [2.24, 2.45) is 5.92 Å². The number of carbonyl (C=O) groups excluding carboxylic acids is 1. The summed E-state index contributed by atoms with van der Waals surface area (Å²) in [5.41, 5.74) is 3.89. The normalized spacial score (nSPS) is 15.8. The third-order valence-electron chi connectivity index (χ3n) is 5.52. The second-order valence-corrected chi connectivity index (χ2v) is 8.47. The topological polar surface area (TPSA) is 36.4 Å². The number of benzene rings is 1. The van der Waals surface area contributed by atoms with Crippen molar-refractivity contribution in [2.75, 3.05) is 24.5 Å². The van der Waals surface area contributed by atoms with E-state index in [1.165, 1.54) is 36.8 Å². The Kier molecular flexibility index (Phi) is 7.02. The molecular weight excluding hydrogens is 354 g/mol. The van der Waals surface area contributed by atoms with E-state index >= 15 is 0 Å². The Morgan fingerprint density at radius 3 is 2.59 bits per heavy atom. The highest BCUT2D eigenvalue weighted by molar-refractivity contribution is 7.14. The van der Waals surface area contributed by atoms with E-state index in [2.05, 4.69) is 46.5 Å². The van der Waals surface area contributed by atoms with E-state index in [4.69, 9.17) is 0 Å². The van der Waals surface area contributed by atoms with Gasteiger partial charge < -0.3 is 0 Å². The van der Waals surface area contributed by atoms with Crippen molar-refractivity contribution in [1.29, 1.82) is 0 Å². The van der Waals surface area contributed by atoms with Gasteiger partial charge in [-0.05, 0) is 64.1 Å². The summed E-state index contributed by atoms with van der Waals surface area (Å²) in [4.78, 5) is 20.6. The molecule has 0 unspecified atom stereocenters. The predicted octanol–water partition coefficient (Wildman–Crippen LogP) is 4.67. The fourth-order valence-electron chi connectivity index (χ4n) is 3.77. The molecule has 1 aliphatic heterocycles. The molecule has 0 N–H and O–H groups in total. The van der Waals surface area contributed by atoms with E-state index in [0.717, 1.165) is 36.4 Å². The van der Waals surface area contributed by atoms with Crippen LogP contribution in [0, 0.1) is 12.8 Å². The Balaban J connectivity index is 1.43. The van der Waals surface area contributed by atoms with Crippen LogP contribution < -0.4 is 4.90 Å². The second kappa shape index (κ2) is 9.47. The van der Waals surface area contributed by atoms with Crippen LogP contribution in [-0.2, 0) is 17.8 Å². The number of hydrogen-bond acceptors (Lipinski definition) is 4. The lowest BCUT2D eigenvalue weighted by Gasteiger charge is -2.31. The molecule has 2 heterocycles. The van der Waals surface area contributed by atoms with Gasteiger partial charge in [0.05, 0.1) is 5.69 Å². The number of anilines is 1. The number of carbonyl (C=O) groups is 1. The van der Waals surface area contributed by atoms with Gasteiger partial charge in [-0.15, -0.1) is 11.3 Å². The Labute approximate surface area is 167 Å². The average Bonchev–Trinajstić information content (AvgIpc) is 3.11. The van der Waals surface area contributed by atoms with Crippen LogP contribution in [0.3, 0.4) is 0 Å². The van der Waals surface area contributed by atoms with E-state index in [-0.39, 0.29) is 5.91 Å². The summed E-state index contributed by atoms with van der Waals surface area (Å²) in [6, 6.07) is 8.97. The number of hydrogen-bond donors (Lipinski definition) is 0. The molecule has 1 aromatic heterocycles. The lowest BCUT2D eigenvalue weighted by Crippen LogP contribution is -2.33. The first-order valence-corrected chi connectivity index (χ1v) is 10.9. The quantitative estimate of drug-likeness (QED) is 0.695. The molecule has 0 radical (unpaired) electrons. The summed E-state index contributed by atoms with van der Waals surface area (Å²) in [5.74, 6) is 0.898. The molecule has 5 heteroatoms. The summed E-state index contributed by atoms with van der Waals surface area (Å²) >= 11 is 1.57. The van der Waals surface area contributed by atoms with Gasteiger partial charge in [-0.1, -0.05) is 29.8 Å². The monoisotopic (exact) mass is 385 g/mol. The summed E-state index contributed by atoms with van der Waals surface area (Å²) in [6.45, 7) is 9.61. The van der Waals surface area contributed by atoms with Crippen LogP contribution in [0.1, 0.15) is 49.9 Å². The van der Waals surface area contributed by atoms with Crippen LogP contribution in [0.25, 0.3) is 0 Å². The first-order chi connectivity index (χ1) is 13.0. The minimum Gasteiger partial charge on any atom is -0.297 e. The van der Waals surface area contributed by atoms with Crippen LogP contribution in [-0.4, -0.2) is 35.4 Å². The molecule has 4 nitrogen and oxygen atoms in total. The first kappa shape index (κ1) is 20.0. The van der Waals surface area contributed by atoms with Crippen molar-refractivity contribution in [3.8, 4) is 0 Å². The standard InChI is InChI=1S/C22H31N3OS/c1-4-25(18(3)26)22-23-21(16-27-22)15-24-13-11-20(12-14-24)10-9-19-7-5-17(2)6-8-19/h5-8,16,20H,4,9-15H2,1-3H3. The molecule has 0 aliphatic carbocycles. The molecule has 0 saturated carbocycles. The van der Waals surface area contributed by atoms with Crippen molar-refractivity contribution in [3.63, 3.8) is 0 Å². The molecule has 1 saturated heterocycles. The molecule has 0 spiro atoms. The maximum atomic E-state index is 11.7. The van der Waals surface area contributed by atoms with Gasteiger partial charge in [0.25, 0.3) is 0 Å². The van der Waals surface area contributed by atoms with E-state index < -0.39 is 0 Å². The average molecular weight is 386 g/mol. The number of amides is 1. The molecule has 2 aromatic rings. The van der Waals surface area contributed by atoms with E-state index in [9.17, 15) is 4.79 Å². The number of likely N-dealkylation sites (tertiary alicyclic amines) is 1. The van der Waals surface area contributed by atoms with Crippen molar-refractivity contribution >= 4 is 22.4 Å². The van der Waals surface area contributed by atoms with Crippen LogP contribution in [0.5, 0.6) is 0 Å². The van der Waals surface area contributed by atoms with Crippen molar-refractivity contribution in [3.05, 3.63) is 46.5 Å². The number of rotatable bonds is 7. The highest BCUT2D eigenvalue weighted by Gasteiger charge is 2.20. The van der Waals surface area contributed by atoms with Crippen LogP contribution in [0.4, 0.5) is 5.13 Å². The zero-order valence-corrected chi connectivity index (χ0v) is 17.6. The SMILES string of the molecule is CCN(C(C)=O)c1nc(CN2CCC(CCc3ccc(C)cc3)CC2)cs1. The number of piperidine rings is 1. The fraction of sp³-hybridized carbons (Fsp3) is 0.545. The smallest absolute Gasteiger partial charge is 0.225 e. The van der Waals surface area contributed by atoms with Gasteiger partial charge in [0.1, 0.15) is 0 Å². The summed E-state index contributed by atoms with van der Waals surface area (Å²) in [5, 5.41) is 2.93. The Bertz CT molecular complexity index is 732. The van der Waals surface area contributed by atoms with Crippen LogP contribution in [0.15, 0.2) is 29.6 Å². The van der Waals surface area contributed by atoms with Crippen LogP contribution >= 0.6 is 11.3 Å². The highest BCUT2D eigenvalue weighted by Crippen LogP contribution is 2.26. The molecule has 0 atom stereocenters. The number of aryl methyl sites for hydroxylation is 2. The van der Waals surface area contributed by atoms with E-state index in [1.807, 2.05) is 6.92 Å². The third-order valence-corrected chi connectivity index (χ3v) is 6.43. The molecule has 0 bridgehead atoms. The minimum atomic E-state index is 0.0628. The van der Waals surface area contributed by atoms with Crippen LogP contribution in [0.2, 0.25) is 0 Å². The summed E-state index contributed by atoms with van der Waals surface area (Å²) < 4.78 is 0. The zero-order valence-electron chi connectivity index (χ0n) is 16.8. The molecule has 1 amide bonds. The van der Waals surface area contributed by atoms with Gasteiger partial charge in [-0.25, -0.2) is 4.98 Å². The van der Waals surface area contributed by atoms with Crippen molar-refractivity contribution in [2.45, 2.75) is 53.0 Å². The second-order valence-electron chi connectivity index (χ2n) is 7.63. The van der Waals surface area contributed by atoms with Gasteiger partial charge in [-0.3, -0.25) is 14.6 Å². The lowest BCUT2D eigenvalue weighted by molar-refractivity contribution is -0.116. The molecule has 146 valence electrons. The van der Waals surface area contributed by atoms with Gasteiger partial charge >= 0.3 is 0 Å². The van der Waals surface area contributed by atoms with E-state index in [1.54, 1.807) is 23.2 Å². The fourth-order valence-corrected chi connectivity index (χ4v) is 4.70. The third kappa shape index (κ3) is 5.63. The lowest BCUT2D eigenvalue weighted by atomic mass is 9.90. The molecule has 1 fully saturated rings. The number of aromatic nitrogens is 1. The minimum absolute atomic E-state index is 0.0628. The maximum Gasteiger partial charge on any atom is 0.225 e. The maximum absolute atomic E-state index is 11.7. The summed E-state index contributed by atoms with van der Waals surface area (Å²) in [6.07, 6.45) is 5.04. The molecular formula is C22H31N3OS. The summed E-state index contributed by atoms with van der Waals surface area (Å²) in [7, 11) is 0. The van der Waals surface area contributed by atoms with Crippen molar-refractivity contribution < 1.29 is 4.79 Å². The zero-order chi connectivity index (χ0) is 19.2. The first-order valence-electron chi connectivity index (χ1n) is 10.1. The molecule has 1 aliphatic rings. The Morgan fingerprint density at radius 2 is 1.96 bits per heavy atom. The largest absolute Gasteiger partial charge is 0.297 e. The van der Waals surface area contributed by atoms with Gasteiger partial charge in [0, 0.05) is 25.4 Å². The number of nitrogens with zero attached hydrogens (tertiary/aromatic N) is 3. The molecule has 3 rings (SSSR count). The van der Waals surface area contributed by atoms with Crippen molar-refractivity contribution in [1.82, 2.24) is 9.88 Å². The van der Waals surface area contributed by atoms with E-state index in [0.29, 0.717) is 6.54 Å². The Hall–Kier alpha value is -1.72. The predicted molar refractivity (Wildman–Crippen MR) is 113 cm³/mol. The highest BCUT2D eigenvalue weighted by atomic mass is 32.1. The van der Waals surface area contributed by atoms with Gasteiger partial charge in [0.2, 0.25) is 5.91 Å². The Morgan fingerprint density at radius 1 is 1.26 bits per heavy atom. The molecule has 27 heavy (non-hydrogen) atoms. The number of thiazole rings is 1. The van der Waals surface area contributed by atoms with Gasteiger partial charge in [-0.2, -0.15) is 0 Å².